The molecule has 0 aliphatic carbocycles. The Morgan fingerprint density at radius 2 is 2.05 bits per heavy atom. The molecule has 5 nitrogen and oxygen atoms in total. The Kier molecular flexibility index (Phi) is 5.24. The molecule has 0 aliphatic heterocycles. The molecule has 0 N–H and O–H groups in total. The van der Waals surface area contributed by atoms with E-state index in [2.05, 4.69) is 4.40 Å². The Balaban J connectivity index is 3.28. The van der Waals surface area contributed by atoms with Crippen molar-refractivity contribution in [3.63, 3.8) is 0 Å². The van der Waals surface area contributed by atoms with E-state index in [-0.39, 0.29) is 17.0 Å². The molecule has 20 heavy (non-hydrogen) atoms. The van der Waals surface area contributed by atoms with E-state index in [4.69, 9.17) is 0 Å². The molecular weight excluding hydrogens is 283 g/mol. The standard InChI is InChI=1S/C13H17FN2O3S/c1-5-12(15-20(19)13(2,3)4)10-8-9(16(17)18)6-7-11(10)14/h6-8H,5H2,1-4H3. The molecule has 0 amide bonds. The molecule has 0 fully saturated rings. The SMILES string of the molecule is CCC(=N[S+]([O-])C(C)(C)C)c1cc([N+](=O)[O-])ccc1F. The van der Waals surface area contributed by atoms with E-state index in [1.807, 2.05) is 0 Å². The summed E-state index contributed by atoms with van der Waals surface area (Å²) in [4.78, 5) is 10.1. The first-order valence-corrected chi connectivity index (χ1v) is 7.21. The highest BCUT2D eigenvalue weighted by Crippen LogP contribution is 2.22. The van der Waals surface area contributed by atoms with Gasteiger partial charge in [0.05, 0.1) is 4.92 Å². The third-order valence-electron chi connectivity index (χ3n) is 2.52. The van der Waals surface area contributed by atoms with Crippen LogP contribution in [0.1, 0.15) is 39.7 Å². The van der Waals surface area contributed by atoms with Crippen molar-refractivity contribution in [2.24, 2.45) is 4.40 Å². The van der Waals surface area contributed by atoms with Crippen LogP contribution in [0.15, 0.2) is 22.6 Å². The first-order valence-electron chi connectivity index (χ1n) is 6.10. The molecule has 0 saturated carbocycles. The summed E-state index contributed by atoms with van der Waals surface area (Å²) in [6, 6.07) is 3.24. The summed E-state index contributed by atoms with van der Waals surface area (Å²) in [5.74, 6) is -0.609. The predicted octanol–water partition coefficient (Wildman–Crippen LogP) is 3.40. The molecule has 0 aromatic heterocycles. The number of hydrogen-bond acceptors (Lipinski definition) is 4. The summed E-state index contributed by atoms with van der Waals surface area (Å²) in [7, 11) is 0. The Hall–Kier alpha value is -1.47. The quantitative estimate of drug-likeness (QED) is 0.370. The van der Waals surface area contributed by atoms with Gasteiger partial charge in [-0.25, -0.2) is 4.39 Å². The van der Waals surface area contributed by atoms with Crippen molar-refractivity contribution in [2.75, 3.05) is 0 Å². The van der Waals surface area contributed by atoms with Gasteiger partial charge in [-0.2, -0.15) is 0 Å². The van der Waals surface area contributed by atoms with E-state index in [0.717, 1.165) is 18.2 Å². The highest BCUT2D eigenvalue weighted by Gasteiger charge is 2.28. The molecular formula is C13H17FN2O3S. The molecule has 7 heteroatoms. The fourth-order valence-corrected chi connectivity index (χ4v) is 2.09. The first-order chi connectivity index (χ1) is 9.16. The lowest BCUT2D eigenvalue weighted by atomic mass is 10.1. The molecule has 0 aliphatic rings. The fourth-order valence-electron chi connectivity index (χ4n) is 1.39. The van der Waals surface area contributed by atoms with Crippen molar-refractivity contribution >= 4 is 22.8 Å². The van der Waals surface area contributed by atoms with E-state index < -0.39 is 26.8 Å². The summed E-state index contributed by atoms with van der Waals surface area (Å²) < 4.78 is 29.3. The lowest BCUT2D eigenvalue weighted by Gasteiger charge is -2.19. The minimum atomic E-state index is -1.54. The summed E-state index contributed by atoms with van der Waals surface area (Å²) in [6.07, 6.45) is 0.333. The lowest BCUT2D eigenvalue weighted by molar-refractivity contribution is -0.384. The van der Waals surface area contributed by atoms with Gasteiger partial charge >= 0.3 is 0 Å². The second-order valence-corrected chi connectivity index (χ2v) is 7.08. The van der Waals surface area contributed by atoms with Gasteiger partial charge in [0.1, 0.15) is 27.6 Å². The van der Waals surface area contributed by atoms with Crippen molar-refractivity contribution in [2.45, 2.75) is 38.9 Å². The van der Waals surface area contributed by atoms with Crippen LogP contribution in [0, 0.1) is 15.9 Å². The van der Waals surface area contributed by atoms with Crippen LogP contribution in [0.5, 0.6) is 0 Å². The van der Waals surface area contributed by atoms with E-state index in [1.54, 1.807) is 27.7 Å². The smallest absolute Gasteiger partial charge is 0.270 e. The van der Waals surface area contributed by atoms with Crippen molar-refractivity contribution in [3.8, 4) is 0 Å². The molecule has 0 heterocycles. The van der Waals surface area contributed by atoms with Crippen molar-refractivity contribution in [1.29, 1.82) is 0 Å². The Morgan fingerprint density at radius 1 is 1.45 bits per heavy atom. The number of nitro benzene ring substituents is 1. The number of nitrogens with zero attached hydrogens (tertiary/aromatic N) is 2. The number of benzene rings is 1. The van der Waals surface area contributed by atoms with Gasteiger partial charge in [-0.15, -0.1) is 0 Å². The van der Waals surface area contributed by atoms with Crippen LogP contribution >= 0.6 is 0 Å². The number of rotatable bonds is 4. The van der Waals surface area contributed by atoms with Gasteiger partial charge in [-0.1, -0.05) is 11.3 Å². The fraction of sp³-hybridized carbons (Fsp3) is 0.462. The predicted molar refractivity (Wildman–Crippen MR) is 77.8 cm³/mol. The molecule has 1 rings (SSSR count). The van der Waals surface area contributed by atoms with Crippen molar-refractivity contribution < 1.29 is 13.9 Å². The lowest BCUT2D eigenvalue weighted by Crippen LogP contribution is -2.27. The van der Waals surface area contributed by atoms with Crippen LogP contribution in [0.2, 0.25) is 0 Å². The monoisotopic (exact) mass is 300 g/mol. The van der Waals surface area contributed by atoms with Crippen LogP contribution in [-0.4, -0.2) is 19.9 Å². The number of halogens is 1. The maximum atomic E-state index is 13.8. The topological polar surface area (TPSA) is 78.6 Å². The molecule has 0 radical (unpaired) electrons. The van der Waals surface area contributed by atoms with E-state index >= 15 is 0 Å². The molecule has 1 atom stereocenters. The molecule has 0 bridgehead atoms. The zero-order valence-electron chi connectivity index (χ0n) is 11.8. The largest absolute Gasteiger partial charge is 0.591 e. The molecule has 1 unspecified atom stereocenters. The van der Waals surface area contributed by atoms with E-state index in [9.17, 15) is 19.1 Å². The molecule has 1 aromatic rings. The molecule has 110 valence electrons. The third-order valence-corrected chi connectivity index (χ3v) is 3.96. The Labute approximate surface area is 120 Å². The second kappa shape index (κ2) is 6.32. The summed E-state index contributed by atoms with van der Waals surface area (Å²) in [5, 5.41) is 10.7. The maximum absolute atomic E-state index is 13.8. The zero-order valence-corrected chi connectivity index (χ0v) is 12.7. The third kappa shape index (κ3) is 4.01. The number of nitro groups is 1. The normalized spacial score (nSPS) is 14.2. The van der Waals surface area contributed by atoms with Crippen LogP contribution < -0.4 is 0 Å². The Morgan fingerprint density at radius 3 is 2.50 bits per heavy atom. The van der Waals surface area contributed by atoms with E-state index in [0.29, 0.717) is 6.42 Å². The summed E-state index contributed by atoms with van der Waals surface area (Å²) in [6.45, 7) is 6.99. The zero-order chi connectivity index (χ0) is 15.5. The van der Waals surface area contributed by atoms with Crippen LogP contribution in [0.4, 0.5) is 10.1 Å². The molecule has 0 saturated heterocycles. The van der Waals surface area contributed by atoms with E-state index in [1.165, 1.54) is 0 Å². The van der Waals surface area contributed by atoms with Crippen LogP contribution in [0.25, 0.3) is 0 Å². The minimum absolute atomic E-state index is 0.0271. The summed E-state index contributed by atoms with van der Waals surface area (Å²) >= 11 is -1.54. The minimum Gasteiger partial charge on any atom is -0.591 e. The van der Waals surface area contributed by atoms with Gasteiger partial charge in [-0.05, 0) is 33.3 Å². The highest BCUT2D eigenvalue weighted by molar-refractivity contribution is 7.91. The average molecular weight is 300 g/mol. The Bertz CT molecular complexity index is 541. The van der Waals surface area contributed by atoms with Gasteiger partial charge in [0.15, 0.2) is 0 Å². The average Bonchev–Trinajstić information content (AvgIpc) is 2.35. The van der Waals surface area contributed by atoms with Crippen LogP contribution in [0.3, 0.4) is 0 Å². The first kappa shape index (κ1) is 16.6. The van der Waals surface area contributed by atoms with Crippen molar-refractivity contribution in [1.82, 2.24) is 0 Å². The second-order valence-electron chi connectivity index (χ2n) is 5.17. The maximum Gasteiger partial charge on any atom is 0.270 e. The van der Waals surface area contributed by atoms with Gasteiger partial charge in [0, 0.05) is 17.7 Å². The van der Waals surface area contributed by atoms with Crippen LogP contribution in [-0.2, 0) is 11.4 Å². The number of non-ortho nitro benzene ring substituents is 1. The molecule has 1 aromatic carbocycles. The molecule has 0 spiro atoms. The van der Waals surface area contributed by atoms with Gasteiger partial charge < -0.3 is 4.55 Å². The van der Waals surface area contributed by atoms with Gasteiger partial charge in [0.2, 0.25) is 0 Å². The summed E-state index contributed by atoms with van der Waals surface area (Å²) in [5.41, 5.74) is 0.0721. The van der Waals surface area contributed by atoms with Gasteiger partial charge in [0.25, 0.3) is 5.69 Å². The van der Waals surface area contributed by atoms with Crippen molar-refractivity contribution in [3.05, 3.63) is 39.7 Å². The van der Waals surface area contributed by atoms with Gasteiger partial charge in [-0.3, -0.25) is 10.1 Å². The number of hydrogen-bond donors (Lipinski definition) is 0. The highest BCUT2D eigenvalue weighted by atomic mass is 32.2.